The van der Waals surface area contributed by atoms with Crippen LogP contribution in [0.15, 0.2) is 24.3 Å². The highest BCUT2D eigenvalue weighted by Gasteiger charge is 2.14. The van der Waals surface area contributed by atoms with Crippen LogP contribution in [-0.2, 0) is 11.2 Å². The number of likely N-dealkylation sites (N-methyl/N-ethyl adjacent to an activating group) is 1. The molecule has 0 saturated heterocycles. The lowest BCUT2D eigenvalue weighted by atomic mass is 10.0. The van der Waals surface area contributed by atoms with Gasteiger partial charge in [0.1, 0.15) is 5.82 Å². The molecule has 0 aliphatic rings. The quantitative estimate of drug-likeness (QED) is 0.790. The van der Waals surface area contributed by atoms with Crippen molar-refractivity contribution in [2.24, 2.45) is 0 Å². The summed E-state index contributed by atoms with van der Waals surface area (Å²) in [6.45, 7) is 4.98. The molecular weight excluding hydrogens is 217 g/mol. The van der Waals surface area contributed by atoms with Gasteiger partial charge in [0.25, 0.3) is 0 Å². The summed E-state index contributed by atoms with van der Waals surface area (Å²) in [5.41, 5.74) is 0.766. The highest BCUT2D eigenvalue weighted by molar-refractivity contribution is 5.18. The van der Waals surface area contributed by atoms with Crippen molar-refractivity contribution in [2.45, 2.75) is 38.8 Å². The second-order valence-corrected chi connectivity index (χ2v) is 4.33. The molecule has 0 radical (unpaired) electrons. The Hall–Kier alpha value is -0.930. The first kappa shape index (κ1) is 14.1. The Morgan fingerprint density at radius 1 is 1.35 bits per heavy atom. The van der Waals surface area contributed by atoms with E-state index in [-0.39, 0.29) is 18.0 Å². The summed E-state index contributed by atoms with van der Waals surface area (Å²) in [5, 5.41) is 3.38. The molecule has 1 aromatic rings. The van der Waals surface area contributed by atoms with E-state index in [1.165, 1.54) is 6.07 Å². The number of methoxy groups -OCH3 is 1. The maximum Gasteiger partial charge on any atom is 0.126 e. The predicted molar refractivity (Wildman–Crippen MR) is 68.7 cm³/mol. The van der Waals surface area contributed by atoms with Crippen LogP contribution in [-0.4, -0.2) is 25.8 Å². The highest BCUT2D eigenvalue weighted by Crippen LogP contribution is 2.12. The largest absolute Gasteiger partial charge is 0.382 e. The second-order valence-electron chi connectivity index (χ2n) is 4.33. The van der Waals surface area contributed by atoms with Gasteiger partial charge in [-0.2, -0.15) is 0 Å². The summed E-state index contributed by atoms with van der Waals surface area (Å²) in [5.74, 6) is -0.125. The molecule has 17 heavy (non-hydrogen) atoms. The summed E-state index contributed by atoms with van der Waals surface area (Å²) in [7, 11) is 1.71. The normalized spacial score (nSPS) is 14.6. The van der Waals surface area contributed by atoms with Crippen LogP contribution in [0.2, 0.25) is 0 Å². The highest BCUT2D eigenvalue weighted by atomic mass is 19.1. The predicted octanol–water partition coefficient (Wildman–Crippen LogP) is 2.77. The van der Waals surface area contributed by atoms with Crippen molar-refractivity contribution in [3.63, 3.8) is 0 Å². The number of ether oxygens (including phenoxy) is 1. The van der Waals surface area contributed by atoms with Crippen LogP contribution in [0.25, 0.3) is 0 Å². The van der Waals surface area contributed by atoms with E-state index in [0.717, 1.165) is 18.5 Å². The van der Waals surface area contributed by atoms with Crippen molar-refractivity contribution in [1.82, 2.24) is 5.32 Å². The summed E-state index contributed by atoms with van der Waals surface area (Å²) < 4.78 is 18.8. The zero-order chi connectivity index (χ0) is 12.7. The average molecular weight is 239 g/mol. The van der Waals surface area contributed by atoms with Crippen molar-refractivity contribution in [3.8, 4) is 0 Å². The Balaban J connectivity index is 2.63. The molecule has 2 unspecified atom stereocenters. The van der Waals surface area contributed by atoms with E-state index >= 15 is 0 Å². The molecule has 1 aromatic carbocycles. The Labute approximate surface area is 103 Å². The standard InChI is InChI=1S/C14H22FNO/c1-4-16-13(9-11(2)17-3)10-12-7-5-6-8-14(12)15/h5-8,11,13,16H,4,9-10H2,1-3H3. The summed E-state index contributed by atoms with van der Waals surface area (Å²) in [6.07, 6.45) is 1.78. The summed E-state index contributed by atoms with van der Waals surface area (Å²) in [4.78, 5) is 0. The van der Waals surface area contributed by atoms with Crippen LogP contribution < -0.4 is 5.32 Å². The molecule has 96 valence electrons. The van der Waals surface area contributed by atoms with Crippen LogP contribution in [0.3, 0.4) is 0 Å². The third-order valence-electron chi connectivity index (χ3n) is 2.94. The molecule has 1 N–H and O–H groups in total. The SMILES string of the molecule is CCNC(Cc1ccccc1F)CC(C)OC. The zero-order valence-corrected chi connectivity index (χ0v) is 10.9. The van der Waals surface area contributed by atoms with Crippen LogP contribution in [0.1, 0.15) is 25.8 Å². The van der Waals surface area contributed by atoms with Crippen LogP contribution in [0, 0.1) is 5.82 Å². The van der Waals surface area contributed by atoms with Crippen molar-refractivity contribution < 1.29 is 9.13 Å². The Bertz CT molecular complexity index is 330. The topological polar surface area (TPSA) is 21.3 Å². The van der Waals surface area contributed by atoms with E-state index in [1.54, 1.807) is 13.2 Å². The number of hydrogen-bond donors (Lipinski definition) is 1. The molecule has 0 spiro atoms. The van der Waals surface area contributed by atoms with Gasteiger partial charge >= 0.3 is 0 Å². The van der Waals surface area contributed by atoms with Crippen molar-refractivity contribution in [2.75, 3.05) is 13.7 Å². The summed E-state index contributed by atoms with van der Waals surface area (Å²) in [6, 6.07) is 7.21. The molecule has 3 heteroatoms. The molecule has 0 fully saturated rings. The molecular formula is C14H22FNO. The van der Waals surface area contributed by atoms with Gasteiger partial charge in [-0.25, -0.2) is 4.39 Å². The third-order valence-corrected chi connectivity index (χ3v) is 2.94. The molecule has 0 saturated carbocycles. The van der Waals surface area contributed by atoms with E-state index < -0.39 is 0 Å². The monoisotopic (exact) mass is 239 g/mol. The second kappa shape index (κ2) is 7.41. The van der Waals surface area contributed by atoms with Gasteiger partial charge in [0, 0.05) is 13.2 Å². The molecule has 0 aromatic heterocycles. The molecule has 0 aliphatic carbocycles. The molecule has 1 rings (SSSR count). The first-order chi connectivity index (χ1) is 8.17. The lowest BCUT2D eigenvalue weighted by molar-refractivity contribution is 0.100. The fourth-order valence-electron chi connectivity index (χ4n) is 1.95. The molecule has 0 heterocycles. The fraction of sp³-hybridized carbons (Fsp3) is 0.571. The van der Waals surface area contributed by atoms with Crippen LogP contribution in [0.4, 0.5) is 4.39 Å². The lowest BCUT2D eigenvalue weighted by Gasteiger charge is -2.21. The van der Waals surface area contributed by atoms with Gasteiger partial charge in [-0.15, -0.1) is 0 Å². The van der Waals surface area contributed by atoms with E-state index in [4.69, 9.17) is 4.74 Å². The minimum Gasteiger partial charge on any atom is -0.382 e. The smallest absolute Gasteiger partial charge is 0.126 e. The fourth-order valence-corrected chi connectivity index (χ4v) is 1.95. The first-order valence-corrected chi connectivity index (χ1v) is 6.17. The van der Waals surface area contributed by atoms with Gasteiger partial charge < -0.3 is 10.1 Å². The zero-order valence-electron chi connectivity index (χ0n) is 10.9. The van der Waals surface area contributed by atoms with Crippen molar-refractivity contribution >= 4 is 0 Å². The lowest BCUT2D eigenvalue weighted by Crippen LogP contribution is -2.34. The molecule has 0 aliphatic heterocycles. The van der Waals surface area contributed by atoms with Gasteiger partial charge in [0.05, 0.1) is 6.10 Å². The first-order valence-electron chi connectivity index (χ1n) is 6.17. The van der Waals surface area contributed by atoms with E-state index in [0.29, 0.717) is 6.42 Å². The van der Waals surface area contributed by atoms with Crippen LogP contribution >= 0.6 is 0 Å². The molecule has 0 amide bonds. The van der Waals surface area contributed by atoms with Gasteiger partial charge in [0.15, 0.2) is 0 Å². The average Bonchev–Trinajstić information content (AvgIpc) is 2.32. The Morgan fingerprint density at radius 2 is 2.06 bits per heavy atom. The van der Waals surface area contributed by atoms with E-state index in [2.05, 4.69) is 12.2 Å². The van der Waals surface area contributed by atoms with Gasteiger partial charge in [0.2, 0.25) is 0 Å². The summed E-state index contributed by atoms with van der Waals surface area (Å²) >= 11 is 0. The third kappa shape index (κ3) is 4.84. The van der Waals surface area contributed by atoms with Crippen LogP contribution in [0.5, 0.6) is 0 Å². The van der Waals surface area contributed by atoms with Gasteiger partial charge in [-0.05, 0) is 37.9 Å². The number of nitrogens with one attached hydrogen (secondary N) is 1. The number of hydrogen-bond acceptors (Lipinski definition) is 2. The Morgan fingerprint density at radius 3 is 2.65 bits per heavy atom. The maximum absolute atomic E-state index is 13.6. The van der Waals surface area contributed by atoms with Crippen molar-refractivity contribution in [1.29, 1.82) is 0 Å². The minimum atomic E-state index is -0.125. The van der Waals surface area contributed by atoms with E-state index in [1.807, 2.05) is 19.1 Å². The number of benzene rings is 1. The Kier molecular flexibility index (Phi) is 6.16. The number of halogens is 1. The molecule has 2 nitrogen and oxygen atoms in total. The number of rotatable bonds is 7. The van der Waals surface area contributed by atoms with Gasteiger partial charge in [-0.3, -0.25) is 0 Å². The maximum atomic E-state index is 13.6. The van der Waals surface area contributed by atoms with E-state index in [9.17, 15) is 4.39 Å². The van der Waals surface area contributed by atoms with Crippen molar-refractivity contribution in [3.05, 3.63) is 35.6 Å². The van der Waals surface area contributed by atoms with Gasteiger partial charge in [-0.1, -0.05) is 25.1 Å². The minimum absolute atomic E-state index is 0.125. The molecule has 2 atom stereocenters. The molecule has 0 bridgehead atoms.